The maximum absolute atomic E-state index is 14.5. The van der Waals surface area contributed by atoms with Crippen molar-refractivity contribution >= 4 is 29.1 Å². The number of amides is 3. The fraction of sp³-hybridized carbons (Fsp3) is 0.206. The van der Waals surface area contributed by atoms with Gasteiger partial charge in [0, 0.05) is 17.9 Å². The highest BCUT2D eigenvalue weighted by atomic mass is 16.5. The number of carbonyl (C=O) groups is 3. The van der Waals surface area contributed by atoms with Gasteiger partial charge >= 0.3 is 0 Å². The molecule has 1 saturated heterocycles. The van der Waals surface area contributed by atoms with E-state index in [4.69, 9.17) is 9.47 Å². The average molecular weight is 545 g/mol. The summed E-state index contributed by atoms with van der Waals surface area (Å²) in [5.41, 5.74) is 4.27. The predicted octanol–water partition coefficient (Wildman–Crippen LogP) is 5.74. The molecule has 0 saturated carbocycles. The molecule has 7 nitrogen and oxygen atoms in total. The number of nitrogens with one attached hydrogen (secondary N) is 1. The highest BCUT2D eigenvalue weighted by Crippen LogP contribution is 2.67. The van der Waals surface area contributed by atoms with Crippen LogP contribution >= 0.6 is 0 Å². The third-order valence-corrected chi connectivity index (χ3v) is 9.06. The van der Waals surface area contributed by atoms with Crippen LogP contribution in [0.5, 0.6) is 11.5 Å². The Morgan fingerprint density at radius 3 is 2.05 bits per heavy atom. The molecule has 2 bridgehead atoms. The molecule has 7 heteroatoms. The van der Waals surface area contributed by atoms with Crippen molar-refractivity contribution in [3.8, 4) is 11.5 Å². The van der Waals surface area contributed by atoms with E-state index < -0.39 is 17.2 Å². The Kier molecular flexibility index (Phi) is 5.54. The van der Waals surface area contributed by atoms with Crippen molar-refractivity contribution in [3.05, 3.63) is 119 Å². The Morgan fingerprint density at radius 1 is 0.805 bits per heavy atom. The summed E-state index contributed by atoms with van der Waals surface area (Å²) in [5, 5.41) is 2.88. The van der Waals surface area contributed by atoms with E-state index >= 15 is 0 Å². The van der Waals surface area contributed by atoms with Gasteiger partial charge in [-0.15, -0.1) is 0 Å². The number of carbonyl (C=O) groups excluding carboxylic acids is 3. The highest BCUT2D eigenvalue weighted by molar-refractivity contribution is 6.27. The number of para-hydroxylation sites is 1. The summed E-state index contributed by atoms with van der Waals surface area (Å²) in [6.07, 6.45) is 0. The Hall–Kier alpha value is -4.91. The van der Waals surface area contributed by atoms with Crippen molar-refractivity contribution in [3.63, 3.8) is 0 Å². The van der Waals surface area contributed by atoms with Crippen molar-refractivity contribution in [1.82, 2.24) is 0 Å². The first kappa shape index (κ1) is 25.1. The Morgan fingerprint density at radius 2 is 1.41 bits per heavy atom. The molecule has 3 aliphatic carbocycles. The second-order valence-corrected chi connectivity index (χ2v) is 10.9. The second kappa shape index (κ2) is 9.06. The molecule has 1 heterocycles. The van der Waals surface area contributed by atoms with Crippen LogP contribution in [0.15, 0.2) is 91.0 Å². The zero-order valence-electron chi connectivity index (χ0n) is 22.9. The molecule has 4 aliphatic rings. The van der Waals surface area contributed by atoms with Crippen LogP contribution in [0.25, 0.3) is 0 Å². The number of rotatable bonds is 5. The number of nitrogens with zero attached hydrogens (tertiary/aromatic N) is 1. The molecule has 2 atom stereocenters. The quantitative estimate of drug-likeness (QED) is 0.324. The molecule has 1 fully saturated rings. The SMILES string of the molecule is COc1ccc(OC)c(NC(=O)c2ccccc2N2C(=O)[C@@H]3C4c5ccccc5C(c5ccccc54)[C@@]3(C)C2=O)c1. The first-order valence-electron chi connectivity index (χ1n) is 13.6. The van der Waals surface area contributed by atoms with Crippen molar-refractivity contribution in [1.29, 1.82) is 0 Å². The van der Waals surface area contributed by atoms with Gasteiger partial charge in [0.1, 0.15) is 11.5 Å². The van der Waals surface area contributed by atoms with Gasteiger partial charge in [-0.05, 0) is 53.4 Å². The summed E-state index contributed by atoms with van der Waals surface area (Å²) >= 11 is 0. The van der Waals surface area contributed by atoms with E-state index in [0.29, 0.717) is 17.2 Å². The number of hydrogen-bond donors (Lipinski definition) is 1. The smallest absolute Gasteiger partial charge is 0.257 e. The third kappa shape index (κ3) is 3.35. The van der Waals surface area contributed by atoms with Crippen LogP contribution in [0, 0.1) is 11.3 Å². The van der Waals surface area contributed by atoms with E-state index in [1.54, 1.807) is 42.5 Å². The molecule has 8 rings (SSSR count). The lowest BCUT2D eigenvalue weighted by Gasteiger charge is -2.51. The number of hydrogen-bond acceptors (Lipinski definition) is 5. The van der Waals surface area contributed by atoms with Crippen LogP contribution in [0.3, 0.4) is 0 Å². The topological polar surface area (TPSA) is 84.9 Å². The minimum absolute atomic E-state index is 0.212. The molecular formula is C34H28N2O5. The lowest BCUT2D eigenvalue weighted by Crippen LogP contribution is -2.49. The van der Waals surface area contributed by atoms with Gasteiger partial charge in [0.05, 0.1) is 42.5 Å². The number of imide groups is 1. The van der Waals surface area contributed by atoms with Crippen molar-refractivity contribution < 1.29 is 23.9 Å². The fourth-order valence-corrected chi connectivity index (χ4v) is 7.31. The van der Waals surface area contributed by atoms with Crippen molar-refractivity contribution in [2.24, 2.45) is 11.3 Å². The standard InChI is InChI=1S/C34H28N2O5/c1-34-29-22-12-6-4-10-20(22)28(21-11-5-7-13-23(21)29)30(34)32(38)36(33(34)39)26-15-9-8-14-24(26)31(37)35-25-18-19(40-2)16-17-27(25)41-3/h4-18,28-30H,1-3H3,(H,35,37)/t28?,29?,30-,34+/m0/s1. The summed E-state index contributed by atoms with van der Waals surface area (Å²) in [6.45, 7) is 1.92. The van der Waals surface area contributed by atoms with Gasteiger partial charge in [-0.2, -0.15) is 0 Å². The van der Waals surface area contributed by atoms with E-state index in [9.17, 15) is 14.4 Å². The van der Waals surface area contributed by atoms with E-state index in [0.717, 1.165) is 22.3 Å². The van der Waals surface area contributed by atoms with E-state index in [-0.39, 0.29) is 34.9 Å². The minimum atomic E-state index is -0.996. The van der Waals surface area contributed by atoms with Gasteiger partial charge in [0.2, 0.25) is 11.8 Å². The van der Waals surface area contributed by atoms with Gasteiger partial charge < -0.3 is 14.8 Å². The average Bonchev–Trinajstić information content (AvgIpc) is 3.21. The monoisotopic (exact) mass is 544 g/mol. The molecule has 1 aliphatic heterocycles. The van der Waals surface area contributed by atoms with E-state index in [1.165, 1.54) is 19.1 Å². The van der Waals surface area contributed by atoms with Crippen LogP contribution < -0.4 is 19.7 Å². The lowest BCUT2D eigenvalue weighted by molar-refractivity contribution is -0.128. The maximum atomic E-state index is 14.5. The lowest BCUT2D eigenvalue weighted by atomic mass is 9.48. The molecule has 4 aromatic carbocycles. The molecule has 0 spiro atoms. The fourth-order valence-electron chi connectivity index (χ4n) is 7.31. The molecular weight excluding hydrogens is 516 g/mol. The number of methoxy groups -OCH3 is 2. The Bertz CT molecular complexity index is 1720. The van der Waals surface area contributed by atoms with Crippen LogP contribution in [0.1, 0.15) is 51.4 Å². The van der Waals surface area contributed by atoms with Crippen molar-refractivity contribution in [2.75, 3.05) is 24.4 Å². The first-order valence-corrected chi connectivity index (χ1v) is 13.6. The molecule has 1 N–H and O–H groups in total. The molecule has 4 aromatic rings. The normalized spacial score (nSPS) is 23.5. The summed E-state index contributed by atoms with van der Waals surface area (Å²) in [5.74, 6) is -1.14. The van der Waals surface area contributed by atoms with Crippen molar-refractivity contribution in [2.45, 2.75) is 18.8 Å². The Balaban J connectivity index is 1.33. The summed E-state index contributed by atoms with van der Waals surface area (Å²) in [4.78, 5) is 43.9. The number of benzene rings is 4. The van der Waals surface area contributed by atoms with Gasteiger partial charge in [0.15, 0.2) is 0 Å². The molecule has 0 unspecified atom stereocenters. The van der Waals surface area contributed by atoms with Crippen LogP contribution in [0.2, 0.25) is 0 Å². The minimum Gasteiger partial charge on any atom is -0.497 e. The Labute approximate surface area is 237 Å². The van der Waals surface area contributed by atoms with Crippen LogP contribution in [0.4, 0.5) is 11.4 Å². The number of anilines is 2. The largest absolute Gasteiger partial charge is 0.497 e. The summed E-state index contributed by atoms with van der Waals surface area (Å²) < 4.78 is 10.7. The van der Waals surface area contributed by atoms with Crippen LogP contribution in [-0.4, -0.2) is 31.9 Å². The maximum Gasteiger partial charge on any atom is 0.257 e. The number of ether oxygens (including phenoxy) is 2. The zero-order valence-corrected chi connectivity index (χ0v) is 22.9. The van der Waals surface area contributed by atoms with E-state index in [2.05, 4.69) is 29.6 Å². The zero-order chi connectivity index (χ0) is 28.5. The van der Waals surface area contributed by atoms with Gasteiger partial charge in [0.25, 0.3) is 5.91 Å². The molecule has 0 aromatic heterocycles. The highest BCUT2D eigenvalue weighted by Gasteiger charge is 2.69. The summed E-state index contributed by atoms with van der Waals surface area (Å²) in [7, 11) is 3.05. The van der Waals surface area contributed by atoms with Gasteiger partial charge in [-0.25, -0.2) is 4.90 Å². The molecule has 41 heavy (non-hydrogen) atoms. The van der Waals surface area contributed by atoms with Crippen LogP contribution in [-0.2, 0) is 9.59 Å². The van der Waals surface area contributed by atoms with Gasteiger partial charge in [-0.3, -0.25) is 14.4 Å². The van der Waals surface area contributed by atoms with E-state index in [1.807, 2.05) is 31.2 Å². The first-order chi connectivity index (χ1) is 19.9. The molecule has 3 amide bonds. The third-order valence-electron chi connectivity index (χ3n) is 9.06. The molecule has 0 radical (unpaired) electrons. The predicted molar refractivity (Wildman–Crippen MR) is 155 cm³/mol. The van der Waals surface area contributed by atoms with Gasteiger partial charge in [-0.1, -0.05) is 60.7 Å². The second-order valence-electron chi connectivity index (χ2n) is 10.9. The summed E-state index contributed by atoms with van der Waals surface area (Å²) in [6, 6.07) is 28.1. The molecule has 204 valence electrons.